The number of nitrogens with one attached hydrogen (secondary N) is 1. The van der Waals surface area contributed by atoms with Crippen molar-refractivity contribution in [1.29, 1.82) is 5.26 Å². The zero-order chi connectivity index (χ0) is 26.2. The van der Waals surface area contributed by atoms with Crippen LogP contribution in [0.2, 0.25) is 15.1 Å². The van der Waals surface area contributed by atoms with E-state index in [1.165, 1.54) is 39.5 Å². The van der Waals surface area contributed by atoms with Gasteiger partial charge in [-0.15, -0.1) is 0 Å². The van der Waals surface area contributed by atoms with Crippen LogP contribution in [0.15, 0.2) is 54.1 Å². The molecule has 0 bridgehead atoms. The number of methoxy groups -OCH3 is 3. The highest BCUT2D eigenvalue weighted by Gasteiger charge is 2.17. The quantitative estimate of drug-likeness (QED) is 0.234. The number of anilines is 1. The van der Waals surface area contributed by atoms with E-state index in [1.54, 1.807) is 36.4 Å². The summed E-state index contributed by atoms with van der Waals surface area (Å²) in [5, 5.41) is 13.5. The van der Waals surface area contributed by atoms with Gasteiger partial charge in [-0.2, -0.15) is 5.26 Å². The molecule has 0 unspecified atom stereocenters. The molecule has 0 aliphatic carbocycles. The van der Waals surface area contributed by atoms with Gasteiger partial charge >= 0.3 is 0 Å². The van der Waals surface area contributed by atoms with Gasteiger partial charge < -0.3 is 24.3 Å². The molecule has 0 fully saturated rings. The Morgan fingerprint density at radius 2 is 1.64 bits per heavy atom. The van der Waals surface area contributed by atoms with Crippen LogP contribution in [-0.2, 0) is 11.4 Å². The van der Waals surface area contributed by atoms with E-state index in [1.807, 2.05) is 6.07 Å². The zero-order valence-electron chi connectivity index (χ0n) is 19.5. The number of amides is 1. The molecule has 0 aliphatic rings. The minimum atomic E-state index is -0.661. The van der Waals surface area contributed by atoms with Gasteiger partial charge in [0.15, 0.2) is 0 Å². The molecule has 7 nitrogen and oxygen atoms in total. The standard InChI is InChI=1S/C26H21Cl3N2O5/c1-33-18-6-5-16(23(10-18)36-14-15-4-7-19(27)20(28)8-15)9-17(13-30)26(32)31-22-12-24(34-2)21(29)11-25(22)35-3/h4-12H,14H2,1-3H3,(H,31,32)/b17-9+. The first-order chi connectivity index (χ1) is 17.3. The molecule has 0 aromatic heterocycles. The summed E-state index contributed by atoms with van der Waals surface area (Å²) in [4.78, 5) is 13.0. The van der Waals surface area contributed by atoms with Gasteiger partial charge in [0, 0.05) is 23.8 Å². The molecule has 1 amide bonds. The average Bonchev–Trinajstić information content (AvgIpc) is 2.88. The van der Waals surface area contributed by atoms with Crippen LogP contribution in [0, 0.1) is 11.3 Å². The molecular formula is C26H21Cl3N2O5. The first-order valence-electron chi connectivity index (χ1n) is 10.4. The molecule has 36 heavy (non-hydrogen) atoms. The van der Waals surface area contributed by atoms with Gasteiger partial charge in [0.1, 0.15) is 41.2 Å². The molecular weight excluding hydrogens is 527 g/mol. The molecule has 3 rings (SSSR count). The lowest BCUT2D eigenvalue weighted by molar-refractivity contribution is -0.112. The van der Waals surface area contributed by atoms with Gasteiger partial charge in [0.25, 0.3) is 5.91 Å². The summed E-state index contributed by atoms with van der Waals surface area (Å²) in [6, 6.07) is 15.1. The van der Waals surface area contributed by atoms with E-state index in [-0.39, 0.29) is 17.9 Å². The molecule has 1 N–H and O–H groups in total. The Hall–Kier alpha value is -3.57. The highest BCUT2D eigenvalue weighted by Crippen LogP contribution is 2.36. The van der Waals surface area contributed by atoms with Crippen molar-refractivity contribution in [3.05, 3.63) is 80.3 Å². The fourth-order valence-electron chi connectivity index (χ4n) is 3.13. The molecule has 10 heteroatoms. The number of nitrogens with zero attached hydrogens (tertiary/aromatic N) is 1. The van der Waals surface area contributed by atoms with Crippen LogP contribution in [0.1, 0.15) is 11.1 Å². The summed E-state index contributed by atoms with van der Waals surface area (Å²) in [7, 11) is 4.41. The monoisotopic (exact) mass is 546 g/mol. The maximum absolute atomic E-state index is 13.0. The highest BCUT2D eigenvalue weighted by molar-refractivity contribution is 6.42. The fraction of sp³-hybridized carbons (Fsp3) is 0.154. The van der Waals surface area contributed by atoms with Crippen LogP contribution >= 0.6 is 34.8 Å². The van der Waals surface area contributed by atoms with Crippen LogP contribution in [0.25, 0.3) is 6.08 Å². The van der Waals surface area contributed by atoms with Gasteiger partial charge in [-0.3, -0.25) is 4.79 Å². The number of ether oxygens (including phenoxy) is 4. The predicted molar refractivity (Wildman–Crippen MR) is 141 cm³/mol. The van der Waals surface area contributed by atoms with Crippen molar-refractivity contribution >= 4 is 52.5 Å². The summed E-state index contributed by atoms with van der Waals surface area (Å²) < 4.78 is 21.7. The van der Waals surface area contributed by atoms with Crippen LogP contribution in [0.3, 0.4) is 0 Å². The fourth-order valence-corrected chi connectivity index (χ4v) is 3.68. The van der Waals surface area contributed by atoms with Gasteiger partial charge in [-0.1, -0.05) is 40.9 Å². The Kier molecular flexibility index (Phi) is 9.31. The van der Waals surface area contributed by atoms with Crippen molar-refractivity contribution in [3.8, 4) is 29.1 Å². The third kappa shape index (κ3) is 6.55. The molecule has 0 saturated heterocycles. The second-order valence-electron chi connectivity index (χ2n) is 7.25. The summed E-state index contributed by atoms with van der Waals surface area (Å²) >= 11 is 18.2. The van der Waals surface area contributed by atoms with E-state index in [0.29, 0.717) is 43.6 Å². The van der Waals surface area contributed by atoms with Gasteiger partial charge in [0.05, 0.1) is 42.1 Å². The number of nitriles is 1. The summed E-state index contributed by atoms with van der Waals surface area (Å²) in [6.07, 6.45) is 1.42. The zero-order valence-corrected chi connectivity index (χ0v) is 21.8. The first-order valence-corrected chi connectivity index (χ1v) is 11.5. The molecule has 0 spiro atoms. The van der Waals surface area contributed by atoms with E-state index in [0.717, 1.165) is 5.56 Å². The number of rotatable bonds is 9. The Labute approximate surface area is 223 Å². The number of hydrogen-bond donors (Lipinski definition) is 1. The number of carbonyl (C=O) groups excluding carboxylic acids is 1. The van der Waals surface area contributed by atoms with Crippen molar-refractivity contribution in [2.75, 3.05) is 26.6 Å². The van der Waals surface area contributed by atoms with Crippen LogP contribution < -0.4 is 24.3 Å². The van der Waals surface area contributed by atoms with Crippen molar-refractivity contribution in [2.45, 2.75) is 6.61 Å². The second kappa shape index (κ2) is 12.4. The van der Waals surface area contributed by atoms with Crippen LogP contribution in [0.4, 0.5) is 5.69 Å². The van der Waals surface area contributed by atoms with E-state index < -0.39 is 5.91 Å². The Bertz CT molecular complexity index is 1350. The molecule has 3 aromatic rings. The minimum absolute atomic E-state index is 0.167. The van der Waals surface area contributed by atoms with Crippen molar-refractivity contribution in [2.24, 2.45) is 0 Å². The Morgan fingerprint density at radius 1 is 0.889 bits per heavy atom. The van der Waals surface area contributed by atoms with E-state index >= 15 is 0 Å². The Morgan fingerprint density at radius 3 is 2.28 bits per heavy atom. The van der Waals surface area contributed by atoms with Crippen LogP contribution in [-0.4, -0.2) is 27.2 Å². The van der Waals surface area contributed by atoms with E-state index in [4.69, 9.17) is 53.8 Å². The lowest BCUT2D eigenvalue weighted by atomic mass is 10.1. The van der Waals surface area contributed by atoms with E-state index in [2.05, 4.69) is 5.32 Å². The third-order valence-corrected chi connectivity index (χ3v) is 6.02. The van der Waals surface area contributed by atoms with Crippen LogP contribution in [0.5, 0.6) is 23.0 Å². The number of benzene rings is 3. The lowest BCUT2D eigenvalue weighted by Crippen LogP contribution is -2.14. The van der Waals surface area contributed by atoms with Gasteiger partial charge in [0.2, 0.25) is 0 Å². The predicted octanol–water partition coefficient (Wildman–Crippen LogP) is 6.80. The first kappa shape index (κ1) is 27.0. The maximum atomic E-state index is 13.0. The number of halogens is 3. The van der Waals surface area contributed by atoms with Crippen molar-refractivity contribution in [1.82, 2.24) is 0 Å². The van der Waals surface area contributed by atoms with Crippen molar-refractivity contribution in [3.63, 3.8) is 0 Å². The summed E-state index contributed by atoms with van der Waals surface area (Å²) in [5.74, 6) is 0.917. The number of hydrogen-bond acceptors (Lipinski definition) is 6. The van der Waals surface area contributed by atoms with Gasteiger partial charge in [-0.25, -0.2) is 0 Å². The second-order valence-corrected chi connectivity index (χ2v) is 8.47. The Balaban J connectivity index is 1.90. The molecule has 3 aromatic carbocycles. The molecule has 0 heterocycles. The SMILES string of the molecule is COc1ccc(/C=C(\C#N)C(=O)Nc2cc(OC)c(Cl)cc2OC)c(OCc2ccc(Cl)c(Cl)c2)c1. The number of carbonyl (C=O) groups is 1. The van der Waals surface area contributed by atoms with E-state index in [9.17, 15) is 10.1 Å². The summed E-state index contributed by atoms with van der Waals surface area (Å²) in [5.41, 5.74) is 1.39. The smallest absolute Gasteiger partial charge is 0.266 e. The topological polar surface area (TPSA) is 89.8 Å². The largest absolute Gasteiger partial charge is 0.497 e. The lowest BCUT2D eigenvalue weighted by Gasteiger charge is -2.14. The molecule has 0 atom stereocenters. The molecule has 0 saturated carbocycles. The third-order valence-electron chi connectivity index (χ3n) is 4.99. The van der Waals surface area contributed by atoms with Crippen molar-refractivity contribution < 1.29 is 23.7 Å². The highest BCUT2D eigenvalue weighted by atomic mass is 35.5. The molecule has 0 radical (unpaired) electrons. The molecule has 186 valence electrons. The average molecular weight is 548 g/mol. The molecule has 0 aliphatic heterocycles. The van der Waals surface area contributed by atoms with Gasteiger partial charge in [-0.05, 0) is 35.9 Å². The normalized spacial score (nSPS) is 10.9. The minimum Gasteiger partial charge on any atom is -0.497 e. The summed E-state index contributed by atoms with van der Waals surface area (Å²) in [6.45, 7) is 0.167. The maximum Gasteiger partial charge on any atom is 0.266 e.